The number of nitro benzene ring substituents is 1. The maximum absolute atomic E-state index is 13.0. The van der Waals surface area contributed by atoms with Crippen molar-refractivity contribution in [1.82, 2.24) is 0 Å². The van der Waals surface area contributed by atoms with Crippen LogP contribution in [-0.4, -0.2) is 16.4 Å². The molecule has 1 aliphatic rings. The molecule has 0 amide bonds. The van der Waals surface area contributed by atoms with Gasteiger partial charge in [0, 0.05) is 23.4 Å². The highest BCUT2D eigenvalue weighted by Gasteiger charge is 2.34. The topological polar surface area (TPSA) is 78.7 Å². The summed E-state index contributed by atoms with van der Waals surface area (Å²) in [6.45, 7) is 1.89. The molecule has 0 aromatic heterocycles. The summed E-state index contributed by atoms with van der Waals surface area (Å²) in [5, 5.41) is 11.0. The van der Waals surface area contributed by atoms with Gasteiger partial charge in [0.15, 0.2) is 0 Å². The van der Waals surface area contributed by atoms with Crippen LogP contribution in [0.3, 0.4) is 0 Å². The Kier molecular flexibility index (Phi) is 5.24. The van der Waals surface area contributed by atoms with Gasteiger partial charge in [0.1, 0.15) is 5.75 Å². The van der Waals surface area contributed by atoms with Gasteiger partial charge in [-0.25, -0.2) is 4.57 Å². The minimum Gasteiger partial charge on any atom is -0.421 e. The average Bonchev–Trinajstić information content (AvgIpc) is 2.48. The summed E-state index contributed by atoms with van der Waals surface area (Å²) < 4.78 is 23.8. The second-order valence-electron chi connectivity index (χ2n) is 4.36. The molecule has 116 valence electrons. The number of hydrogen-bond donors (Lipinski definition) is 0. The molecular formula is C14H14NO5PS. The van der Waals surface area contributed by atoms with Crippen LogP contribution in [0.5, 0.6) is 5.75 Å². The number of thiocarbonyl (C=S) groups is 1. The highest BCUT2D eigenvalue weighted by atomic mass is 32.1. The molecule has 0 radical (unpaired) electrons. The molecular weight excluding hydrogens is 325 g/mol. The third kappa shape index (κ3) is 3.68. The molecule has 1 atom stereocenters. The smallest absolute Gasteiger partial charge is 0.411 e. The van der Waals surface area contributed by atoms with E-state index in [4.69, 9.17) is 21.3 Å². The highest BCUT2D eigenvalue weighted by Crippen LogP contribution is 2.57. The number of benzene rings is 1. The third-order valence-electron chi connectivity index (χ3n) is 2.85. The third-order valence-corrected chi connectivity index (χ3v) is 5.44. The minimum absolute atomic E-state index is 0.0751. The Morgan fingerprint density at radius 1 is 1.36 bits per heavy atom. The maximum Gasteiger partial charge on any atom is 0.411 e. The Morgan fingerprint density at radius 3 is 2.59 bits per heavy atom. The molecule has 1 aromatic rings. The van der Waals surface area contributed by atoms with E-state index in [0.717, 1.165) is 0 Å². The van der Waals surface area contributed by atoms with E-state index in [1.165, 1.54) is 24.3 Å². The molecule has 6 nitrogen and oxygen atoms in total. The van der Waals surface area contributed by atoms with Crippen LogP contribution in [0.1, 0.15) is 13.3 Å². The number of nitrogens with zero attached hydrogens (tertiary/aromatic N) is 1. The zero-order valence-electron chi connectivity index (χ0n) is 11.8. The minimum atomic E-state index is -3.61. The summed E-state index contributed by atoms with van der Waals surface area (Å²) in [4.78, 5) is 10.6. The first-order valence-electron chi connectivity index (χ1n) is 6.55. The Morgan fingerprint density at radius 2 is 2.05 bits per heavy atom. The second kappa shape index (κ2) is 6.96. The Labute approximate surface area is 133 Å². The van der Waals surface area contributed by atoms with Crippen molar-refractivity contribution in [3.63, 3.8) is 0 Å². The second-order valence-corrected chi connectivity index (χ2v) is 6.78. The van der Waals surface area contributed by atoms with Gasteiger partial charge in [0.25, 0.3) is 5.69 Å². The summed E-state index contributed by atoms with van der Waals surface area (Å²) in [5.41, 5.74) is -0.0751. The van der Waals surface area contributed by atoms with E-state index in [1.807, 2.05) is 6.08 Å². The first-order chi connectivity index (χ1) is 10.5. The predicted octanol–water partition coefficient (Wildman–Crippen LogP) is 4.42. The fourth-order valence-electron chi connectivity index (χ4n) is 1.86. The Balaban J connectivity index is 2.30. The molecule has 1 aliphatic carbocycles. The molecule has 0 spiro atoms. The van der Waals surface area contributed by atoms with Gasteiger partial charge in [-0.3, -0.25) is 14.6 Å². The SMILES string of the molecule is CCOP(=O)(Oc1ccc([N+](=O)[O-])cc1)C1=CC=CCC1=S. The van der Waals surface area contributed by atoms with Crippen molar-refractivity contribution < 1.29 is 18.5 Å². The van der Waals surface area contributed by atoms with Crippen LogP contribution in [-0.2, 0) is 9.09 Å². The van der Waals surface area contributed by atoms with E-state index in [1.54, 1.807) is 19.1 Å². The van der Waals surface area contributed by atoms with Gasteiger partial charge in [0.2, 0.25) is 0 Å². The number of nitro groups is 1. The lowest BCUT2D eigenvalue weighted by Crippen LogP contribution is -2.09. The van der Waals surface area contributed by atoms with Crippen molar-refractivity contribution in [1.29, 1.82) is 0 Å². The van der Waals surface area contributed by atoms with Crippen LogP contribution in [0.4, 0.5) is 5.69 Å². The predicted molar refractivity (Wildman–Crippen MR) is 87.4 cm³/mol. The monoisotopic (exact) mass is 339 g/mol. The quantitative estimate of drug-likeness (QED) is 0.330. The van der Waals surface area contributed by atoms with Crippen molar-refractivity contribution in [2.75, 3.05) is 6.61 Å². The molecule has 0 bridgehead atoms. The number of hydrogen-bond acceptors (Lipinski definition) is 6. The normalized spacial score (nSPS) is 16.8. The molecule has 0 heterocycles. The fourth-order valence-corrected chi connectivity index (χ4v) is 4.05. The van der Waals surface area contributed by atoms with Gasteiger partial charge in [-0.15, -0.1) is 0 Å². The van der Waals surface area contributed by atoms with Crippen molar-refractivity contribution >= 4 is 30.4 Å². The van der Waals surface area contributed by atoms with Crippen LogP contribution in [0.2, 0.25) is 0 Å². The zero-order chi connectivity index (χ0) is 16.2. The van der Waals surface area contributed by atoms with Gasteiger partial charge >= 0.3 is 7.60 Å². The van der Waals surface area contributed by atoms with Gasteiger partial charge in [-0.05, 0) is 25.1 Å². The first kappa shape index (κ1) is 16.5. The number of rotatable bonds is 6. The molecule has 2 rings (SSSR count). The molecule has 0 N–H and O–H groups in total. The van der Waals surface area contributed by atoms with Crippen molar-refractivity contribution in [2.24, 2.45) is 0 Å². The van der Waals surface area contributed by atoms with Gasteiger partial charge in [-0.1, -0.05) is 24.4 Å². The van der Waals surface area contributed by atoms with E-state index in [2.05, 4.69) is 0 Å². The number of allylic oxidation sites excluding steroid dienone is 4. The summed E-state index contributed by atoms with van der Waals surface area (Å²) in [6.07, 6.45) is 5.72. The molecule has 0 fully saturated rings. The lowest BCUT2D eigenvalue weighted by molar-refractivity contribution is -0.384. The van der Waals surface area contributed by atoms with E-state index in [9.17, 15) is 14.7 Å². The van der Waals surface area contributed by atoms with Crippen LogP contribution in [0.15, 0.2) is 47.8 Å². The summed E-state index contributed by atoms with van der Waals surface area (Å²) in [7, 11) is -3.61. The molecule has 0 saturated carbocycles. The van der Waals surface area contributed by atoms with Crippen molar-refractivity contribution in [3.05, 3.63) is 57.9 Å². The zero-order valence-corrected chi connectivity index (χ0v) is 13.5. The van der Waals surface area contributed by atoms with Gasteiger partial charge in [-0.2, -0.15) is 0 Å². The molecule has 22 heavy (non-hydrogen) atoms. The van der Waals surface area contributed by atoms with E-state index in [-0.39, 0.29) is 18.0 Å². The molecule has 0 aliphatic heterocycles. The Hall–Kier alpha value is -1.82. The lowest BCUT2D eigenvalue weighted by Gasteiger charge is -2.22. The van der Waals surface area contributed by atoms with E-state index < -0.39 is 12.5 Å². The molecule has 0 saturated heterocycles. The maximum atomic E-state index is 13.0. The van der Waals surface area contributed by atoms with E-state index in [0.29, 0.717) is 16.6 Å². The molecule has 1 aromatic carbocycles. The summed E-state index contributed by atoms with van der Waals surface area (Å²) in [5.74, 6) is 0.223. The van der Waals surface area contributed by atoms with Crippen LogP contribution < -0.4 is 4.52 Å². The number of non-ortho nitro benzene ring substituents is 1. The molecule has 1 unspecified atom stereocenters. The first-order valence-corrected chi connectivity index (χ1v) is 8.50. The van der Waals surface area contributed by atoms with Crippen LogP contribution in [0, 0.1) is 10.1 Å². The van der Waals surface area contributed by atoms with Crippen molar-refractivity contribution in [2.45, 2.75) is 13.3 Å². The van der Waals surface area contributed by atoms with E-state index >= 15 is 0 Å². The summed E-state index contributed by atoms with van der Waals surface area (Å²) in [6, 6.07) is 5.32. The van der Waals surface area contributed by atoms with Gasteiger partial charge in [0.05, 0.1) is 16.8 Å². The van der Waals surface area contributed by atoms with Gasteiger partial charge < -0.3 is 4.52 Å². The van der Waals surface area contributed by atoms with Crippen molar-refractivity contribution in [3.8, 4) is 5.75 Å². The van der Waals surface area contributed by atoms with Crippen LogP contribution >= 0.6 is 19.8 Å². The van der Waals surface area contributed by atoms with Crippen LogP contribution in [0.25, 0.3) is 0 Å². The standard InChI is InChI=1S/C14H14NO5PS/c1-2-19-21(18,13-5-3-4-6-14(13)22)20-12-9-7-11(8-10-12)15(16)17/h3-5,7-10H,2,6H2,1H3. The fraction of sp³-hybridized carbons (Fsp3) is 0.214. The summed E-state index contributed by atoms with van der Waals surface area (Å²) >= 11 is 5.22. The molecule has 8 heteroatoms. The Bertz CT molecular complexity index is 696. The lowest BCUT2D eigenvalue weighted by atomic mass is 10.2. The highest BCUT2D eigenvalue weighted by molar-refractivity contribution is 7.82. The average molecular weight is 339 g/mol. The largest absolute Gasteiger partial charge is 0.421 e.